The van der Waals surface area contributed by atoms with E-state index >= 15 is 0 Å². The molecule has 5 heteroatoms. The Morgan fingerprint density at radius 2 is 2.31 bits per heavy atom. The van der Waals surface area contributed by atoms with Crippen LogP contribution in [0.3, 0.4) is 0 Å². The molecule has 16 heavy (non-hydrogen) atoms. The van der Waals surface area contributed by atoms with Crippen LogP contribution in [0.5, 0.6) is 5.75 Å². The van der Waals surface area contributed by atoms with Crippen LogP contribution in [0.4, 0.5) is 0 Å². The molecular weight excluding hydrogens is 208 g/mol. The average molecular weight is 220 g/mol. The predicted molar refractivity (Wildman–Crippen MR) is 59.7 cm³/mol. The van der Waals surface area contributed by atoms with Crippen molar-refractivity contribution in [2.24, 2.45) is 10.9 Å². The molecule has 0 saturated carbocycles. The van der Waals surface area contributed by atoms with E-state index < -0.39 is 6.10 Å². The van der Waals surface area contributed by atoms with E-state index in [1.807, 2.05) is 18.2 Å². The SMILES string of the molecule is CC(Oc1cccc2occc12)/C(N)=N\O. The maximum absolute atomic E-state index is 8.52. The summed E-state index contributed by atoms with van der Waals surface area (Å²) in [6.45, 7) is 1.70. The normalized spacial score (nSPS) is 13.9. The number of nitrogens with zero attached hydrogens (tertiary/aromatic N) is 1. The van der Waals surface area contributed by atoms with E-state index in [9.17, 15) is 0 Å². The minimum Gasteiger partial charge on any atom is -0.482 e. The summed E-state index contributed by atoms with van der Waals surface area (Å²) in [6.07, 6.45) is 1.09. The summed E-state index contributed by atoms with van der Waals surface area (Å²) in [6, 6.07) is 7.28. The Morgan fingerprint density at radius 3 is 3.06 bits per heavy atom. The molecule has 0 saturated heterocycles. The molecule has 1 heterocycles. The maximum Gasteiger partial charge on any atom is 0.180 e. The summed E-state index contributed by atoms with van der Waals surface area (Å²) in [5.74, 6) is 0.672. The van der Waals surface area contributed by atoms with Gasteiger partial charge in [0.05, 0.1) is 11.6 Å². The number of benzene rings is 1. The second-order valence-electron chi connectivity index (χ2n) is 3.37. The van der Waals surface area contributed by atoms with Gasteiger partial charge >= 0.3 is 0 Å². The van der Waals surface area contributed by atoms with Crippen LogP contribution in [-0.2, 0) is 0 Å². The topological polar surface area (TPSA) is 81.0 Å². The molecule has 3 N–H and O–H groups in total. The van der Waals surface area contributed by atoms with Gasteiger partial charge in [-0.3, -0.25) is 0 Å². The van der Waals surface area contributed by atoms with Crippen molar-refractivity contribution in [1.29, 1.82) is 0 Å². The monoisotopic (exact) mass is 220 g/mol. The highest BCUT2D eigenvalue weighted by atomic mass is 16.5. The van der Waals surface area contributed by atoms with E-state index in [-0.39, 0.29) is 5.84 Å². The summed E-state index contributed by atoms with van der Waals surface area (Å²) < 4.78 is 10.8. The standard InChI is InChI=1S/C11H12N2O3/c1-7(11(12)13-14)16-10-4-2-3-9-8(10)5-6-15-9/h2-7,14H,1H3,(H2,12,13). The van der Waals surface area contributed by atoms with Crippen molar-refractivity contribution in [3.63, 3.8) is 0 Å². The maximum atomic E-state index is 8.52. The van der Waals surface area contributed by atoms with E-state index in [2.05, 4.69) is 5.16 Å². The Balaban J connectivity index is 2.30. The van der Waals surface area contributed by atoms with Crippen molar-refractivity contribution in [3.8, 4) is 5.75 Å². The number of hydrogen-bond donors (Lipinski definition) is 2. The minimum atomic E-state index is -0.495. The molecule has 0 aliphatic rings. The molecule has 0 spiro atoms. The van der Waals surface area contributed by atoms with Gasteiger partial charge in [0.2, 0.25) is 0 Å². The van der Waals surface area contributed by atoms with E-state index in [1.165, 1.54) is 0 Å². The molecule has 84 valence electrons. The first kappa shape index (κ1) is 10.4. The van der Waals surface area contributed by atoms with Crippen molar-refractivity contribution in [2.75, 3.05) is 0 Å². The van der Waals surface area contributed by atoms with Gasteiger partial charge in [0, 0.05) is 0 Å². The first-order chi connectivity index (χ1) is 7.72. The highest BCUT2D eigenvalue weighted by Gasteiger charge is 2.12. The number of ether oxygens (including phenoxy) is 1. The third-order valence-corrected chi connectivity index (χ3v) is 2.29. The number of furan rings is 1. The Kier molecular flexibility index (Phi) is 2.68. The lowest BCUT2D eigenvalue weighted by Crippen LogP contribution is -2.31. The highest BCUT2D eigenvalue weighted by molar-refractivity contribution is 5.86. The molecule has 1 aromatic heterocycles. The van der Waals surface area contributed by atoms with Gasteiger partial charge in [-0.25, -0.2) is 0 Å². The number of fused-ring (bicyclic) bond motifs is 1. The Labute approximate surface area is 92.1 Å². The van der Waals surface area contributed by atoms with Crippen LogP contribution in [0.1, 0.15) is 6.92 Å². The van der Waals surface area contributed by atoms with Gasteiger partial charge in [-0.2, -0.15) is 0 Å². The fourth-order valence-corrected chi connectivity index (χ4v) is 1.40. The largest absolute Gasteiger partial charge is 0.482 e. The number of nitrogens with two attached hydrogens (primary N) is 1. The Hall–Kier alpha value is -2.17. The summed E-state index contributed by atoms with van der Waals surface area (Å²) >= 11 is 0. The van der Waals surface area contributed by atoms with Gasteiger partial charge in [-0.1, -0.05) is 11.2 Å². The highest BCUT2D eigenvalue weighted by Crippen LogP contribution is 2.26. The lowest BCUT2D eigenvalue weighted by Gasteiger charge is -2.13. The van der Waals surface area contributed by atoms with Gasteiger partial charge in [0.1, 0.15) is 11.3 Å². The smallest absolute Gasteiger partial charge is 0.180 e. The molecule has 0 bridgehead atoms. The number of amidine groups is 1. The lowest BCUT2D eigenvalue weighted by molar-refractivity contribution is 0.268. The molecule has 2 aromatic rings. The van der Waals surface area contributed by atoms with E-state index in [4.69, 9.17) is 20.1 Å². The van der Waals surface area contributed by atoms with Crippen LogP contribution < -0.4 is 10.5 Å². The minimum absolute atomic E-state index is 0.0282. The fraction of sp³-hybridized carbons (Fsp3) is 0.182. The van der Waals surface area contributed by atoms with Crippen LogP contribution in [0, 0.1) is 0 Å². The van der Waals surface area contributed by atoms with Gasteiger partial charge in [-0.05, 0) is 25.1 Å². The zero-order valence-electron chi connectivity index (χ0n) is 8.75. The first-order valence-corrected chi connectivity index (χ1v) is 4.82. The third-order valence-electron chi connectivity index (χ3n) is 2.29. The van der Waals surface area contributed by atoms with Crippen LogP contribution in [-0.4, -0.2) is 17.1 Å². The van der Waals surface area contributed by atoms with Crippen molar-refractivity contribution in [2.45, 2.75) is 13.0 Å². The Morgan fingerprint density at radius 1 is 1.50 bits per heavy atom. The molecule has 2 rings (SSSR count). The van der Waals surface area contributed by atoms with E-state index in [1.54, 1.807) is 19.3 Å². The van der Waals surface area contributed by atoms with Crippen LogP contribution in [0.25, 0.3) is 11.0 Å². The summed E-state index contributed by atoms with van der Waals surface area (Å²) in [4.78, 5) is 0. The molecular formula is C11H12N2O3. The van der Waals surface area contributed by atoms with Crippen LogP contribution in [0.2, 0.25) is 0 Å². The molecule has 5 nitrogen and oxygen atoms in total. The number of hydrogen-bond acceptors (Lipinski definition) is 4. The van der Waals surface area contributed by atoms with Crippen LogP contribution >= 0.6 is 0 Å². The predicted octanol–water partition coefficient (Wildman–Crippen LogP) is 1.95. The Bertz CT molecular complexity index is 519. The van der Waals surface area contributed by atoms with Gasteiger partial charge in [0.15, 0.2) is 11.9 Å². The number of oxime groups is 1. The second-order valence-corrected chi connectivity index (χ2v) is 3.37. The molecule has 0 amide bonds. The van der Waals surface area contributed by atoms with Crippen LogP contribution in [0.15, 0.2) is 40.1 Å². The second kappa shape index (κ2) is 4.14. The summed E-state index contributed by atoms with van der Waals surface area (Å²) in [7, 11) is 0. The zero-order chi connectivity index (χ0) is 11.5. The molecule has 0 aliphatic carbocycles. The van der Waals surface area contributed by atoms with Gasteiger partial charge in [-0.15, -0.1) is 0 Å². The van der Waals surface area contributed by atoms with Crippen molar-refractivity contribution in [3.05, 3.63) is 30.5 Å². The summed E-state index contributed by atoms with van der Waals surface area (Å²) in [5.41, 5.74) is 6.18. The molecule has 1 atom stereocenters. The zero-order valence-corrected chi connectivity index (χ0v) is 8.75. The average Bonchev–Trinajstić information content (AvgIpc) is 2.77. The molecule has 0 aliphatic heterocycles. The molecule has 0 radical (unpaired) electrons. The third kappa shape index (κ3) is 1.79. The van der Waals surface area contributed by atoms with Crippen molar-refractivity contribution >= 4 is 16.8 Å². The molecule has 1 aromatic carbocycles. The fourth-order valence-electron chi connectivity index (χ4n) is 1.40. The van der Waals surface area contributed by atoms with E-state index in [0.717, 1.165) is 11.0 Å². The van der Waals surface area contributed by atoms with Crippen molar-refractivity contribution < 1.29 is 14.4 Å². The quantitative estimate of drug-likeness (QED) is 0.358. The van der Waals surface area contributed by atoms with Gasteiger partial charge in [0.25, 0.3) is 0 Å². The molecule has 1 unspecified atom stereocenters. The molecule has 0 fully saturated rings. The van der Waals surface area contributed by atoms with Crippen molar-refractivity contribution in [1.82, 2.24) is 0 Å². The summed E-state index contributed by atoms with van der Waals surface area (Å²) in [5, 5.41) is 12.3. The van der Waals surface area contributed by atoms with E-state index in [0.29, 0.717) is 5.75 Å². The van der Waals surface area contributed by atoms with Gasteiger partial charge < -0.3 is 20.1 Å². The first-order valence-electron chi connectivity index (χ1n) is 4.82. The lowest BCUT2D eigenvalue weighted by atomic mass is 10.2. The number of rotatable bonds is 3.